The molecule has 11 nitrogen and oxygen atoms in total. The summed E-state index contributed by atoms with van der Waals surface area (Å²) in [5.74, 6) is 0.525. The molecular weight excluding hydrogens is 522 g/mol. The van der Waals surface area contributed by atoms with Gasteiger partial charge in [-0.1, -0.05) is 51.6 Å². The number of anilines is 1. The summed E-state index contributed by atoms with van der Waals surface area (Å²) < 4.78 is 7.91. The van der Waals surface area contributed by atoms with Gasteiger partial charge < -0.3 is 30.5 Å². The summed E-state index contributed by atoms with van der Waals surface area (Å²) in [6, 6.07) is 8.31. The van der Waals surface area contributed by atoms with Crippen LogP contribution in [0.5, 0.6) is 6.01 Å². The Morgan fingerprint density at radius 3 is 2.68 bits per heavy atom. The van der Waals surface area contributed by atoms with Gasteiger partial charge >= 0.3 is 6.01 Å². The number of aliphatic hydroxyl groups excluding tert-OH is 2. The summed E-state index contributed by atoms with van der Waals surface area (Å²) in [7, 11) is 1.92. The SMILES string of the molecule is C=CC(=O)N(CCO)CCC(O)Cc1cccc(CNc2nc(OC(CC)CCNC)nc3c(C(C)C)cnn23)c1. The van der Waals surface area contributed by atoms with Crippen molar-refractivity contribution in [1.82, 2.24) is 29.8 Å². The Bertz CT molecular complexity index is 1260. The molecule has 3 rings (SSSR count). The van der Waals surface area contributed by atoms with Crippen molar-refractivity contribution in [3.05, 3.63) is 59.8 Å². The lowest BCUT2D eigenvalue weighted by Crippen LogP contribution is -2.34. The average molecular weight is 568 g/mol. The summed E-state index contributed by atoms with van der Waals surface area (Å²) in [4.78, 5) is 22.8. The number of carbonyl (C=O) groups excluding carboxylic acids is 1. The van der Waals surface area contributed by atoms with Gasteiger partial charge in [-0.25, -0.2) is 0 Å². The Labute approximate surface area is 242 Å². The standard InChI is InChI=1S/C30H45N7O4/c1-6-25(11-13-31-5)41-30-34-28-26(21(3)4)20-33-37(28)29(35-30)32-19-23-10-8-9-22(17-23)18-24(39)12-14-36(15-16-38)27(40)7-2/h7-10,17,20-21,24-25,31,38-39H,2,6,11-16,18-19H2,1,3-5H3,(H,32,34,35). The molecule has 0 spiro atoms. The molecule has 2 unspecified atom stereocenters. The molecule has 0 aliphatic heterocycles. The number of nitrogens with zero attached hydrogens (tertiary/aromatic N) is 5. The normalized spacial score (nSPS) is 12.9. The molecule has 11 heteroatoms. The number of benzene rings is 1. The quantitative estimate of drug-likeness (QED) is 0.171. The summed E-state index contributed by atoms with van der Waals surface area (Å²) in [6.07, 6.45) is 4.95. The summed E-state index contributed by atoms with van der Waals surface area (Å²) in [5, 5.41) is 30.9. The summed E-state index contributed by atoms with van der Waals surface area (Å²) in [5.41, 5.74) is 3.74. The van der Waals surface area contributed by atoms with E-state index in [4.69, 9.17) is 9.72 Å². The molecule has 0 saturated heterocycles. The molecule has 41 heavy (non-hydrogen) atoms. The van der Waals surface area contributed by atoms with E-state index in [2.05, 4.69) is 48.1 Å². The number of carbonyl (C=O) groups is 1. The van der Waals surface area contributed by atoms with E-state index in [1.54, 1.807) is 4.52 Å². The number of nitrogens with one attached hydrogen (secondary N) is 2. The van der Waals surface area contributed by atoms with Crippen molar-refractivity contribution >= 4 is 17.5 Å². The van der Waals surface area contributed by atoms with Crippen LogP contribution in [0.25, 0.3) is 5.65 Å². The van der Waals surface area contributed by atoms with E-state index in [1.807, 2.05) is 37.5 Å². The second-order valence-electron chi connectivity index (χ2n) is 10.4. The Hall–Kier alpha value is -3.54. The van der Waals surface area contributed by atoms with Crippen molar-refractivity contribution in [2.75, 3.05) is 38.6 Å². The number of fused-ring (bicyclic) bond motifs is 1. The fourth-order valence-electron chi connectivity index (χ4n) is 4.56. The summed E-state index contributed by atoms with van der Waals surface area (Å²) in [6.45, 7) is 11.6. The van der Waals surface area contributed by atoms with Crippen LogP contribution in [0.3, 0.4) is 0 Å². The van der Waals surface area contributed by atoms with E-state index >= 15 is 0 Å². The van der Waals surface area contributed by atoms with Gasteiger partial charge in [-0.3, -0.25) is 4.79 Å². The highest BCUT2D eigenvalue weighted by Gasteiger charge is 2.18. The highest BCUT2D eigenvalue weighted by molar-refractivity contribution is 5.86. The number of aromatic nitrogens is 4. The van der Waals surface area contributed by atoms with E-state index in [-0.39, 0.29) is 31.1 Å². The fraction of sp³-hybridized carbons (Fsp3) is 0.533. The lowest BCUT2D eigenvalue weighted by Gasteiger charge is -2.22. The van der Waals surface area contributed by atoms with Gasteiger partial charge in [0.15, 0.2) is 5.65 Å². The first-order chi connectivity index (χ1) is 19.8. The van der Waals surface area contributed by atoms with Gasteiger partial charge in [0, 0.05) is 25.2 Å². The zero-order valence-electron chi connectivity index (χ0n) is 24.7. The molecule has 4 N–H and O–H groups in total. The number of rotatable bonds is 18. The minimum atomic E-state index is -0.633. The van der Waals surface area contributed by atoms with Gasteiger partial charge in [-0.05, 0) is 62.4 Å². The second kappa shape index (κ2) is 16.0. The Balaban J connectivity index is 1.72. The first-order valence-corrected chi connectivity index (χ1v) is 14.4. The lowest BCUT2D eigenvalue weighted by atomic mass is 10.0. The first kappa shape index (κ1) is 32.0. The van der Waals surface area contributed by atoms with Gasteiger partial charge in [-0.15, -0.1) is 0 Å². The number of aliphatic hydroxyl groups is 2. The van der Waals surface area contributed by atoms with Crippen LogP contribution in [0.2, 0.25) is 0 Å². The molecule has 2 atom stereocenters. The third-order valence-electron chi connectivity index (χ3n) is 6.94. The Morgan fingerprint density at radius 2 is 2.00 bits per heavy atom. The van der Waals surface area contributed by atoms with E-state index in [0.717, 1.165) is 41.7 Å². The zero-order chi connectivity index (χ0) is 29.8. The third-order valence-corrected chi connectivity index (χ3v) is 6.94. The highest BCUT2D eigenvalue weighted by atomic mass is 16.5. The van der Waals surface area contributed by atoms with Crippen molar-refractivity contribution in [1.29, 1.82) is 0 Å². The molecular formula is C30H45N7O4. The van der Waals surface area contributed by atoms with Crippen LogP contribution in [0, 0.1) is 0 Å². The predicted octanol–water partition coefficient (Wildman–Crippen LogP) is 2.93. The minimum absolute atomic E-state index is 0.00288. The highest BCUT2D eigenvalue weighted by Crippen LogP contribution is 2.24. The maximum absolute atomic E-state index is 11.9. The second-order valence-corrected chi connectivity index (χ2v) is 10.4. The lowest BCUT2D eigenvalue weighted by molar-refractivity contribution is -0.126. The first-order valence-electron chi connectivity index (χ1n) is 14.4. The number of amides is 1. The summed E-state index contributed by atoms with van der Waals surface area (Å²) >= 11 is 0. The number of hydrogen-bond acceptors (Lipinski definition) is 9. The van der Waals surface area contributed by atoms with Gasteiger partial charge in [-0.2, -0.15) is 19.6 Å². The van der Waals surface area contributed by atoms with Gasteiger partial charge in [0.05, 0.1) is 18.9 Å². The van der Waals surface area contributed by atoms with Crippen LogP contribution < -0.4 is 15.4 Å². The van der Waals surface area contributed by atoms with Gasteiger partial charge in [0.25, 0.3) is 0 Å². The molecule has 0 aliphatic carbocycles. The monoisotopic (exact) mass is 567 g/mol. The number of hydrogen-bond donors (Lipinski definition) is 4. The van der Waals surface area contributed by atoms with Gasteiger partial charge in [0.2, 0.25) is 11.9 Å². The van der Waals surface area contributed by atoms with Crippen LogP contribution in [-0.2, 0) is 17.8 Å². The maximum atomic E-state index is 11.9. The van der Waals surface area contributed by atoms with Crippen LogP contribution >= 0.6 is 0 Å². The third kappa shape index (κ3) is 9.24. The Morgan fingerprint density at radius 1 is 1.22 bits per heavy atom. The molecule has 1 aromatic carbocycles. The van der Waals surface area contributed by atoms with Crippen molar-refractivity contribution in [3.8, 4) is 6.01 Å². The largest absolute Gasteiger partial charge is 0.460 e. The molecule has 224 valence electrons. The van der Waals surface area contributed by atoms with Crippen LogP contribution in [-0.4, -0.2) is 86.1 Å². The number of ether oxygens (including phenoxy) is 1. The molecule has 0 bridgehead atoms. The molecule has 0 saturated carbocycles. The van der Waals surface area contributed by atoms with Gasteiger partial charge in [0.1, 0.15) is 6.10 Å². The Kier molecular flexibility index (Phi) is 12.5. The molecule has 0 aliphatic rings. The van der Waals surface area contributed by atoms with Crippen molar-refractivity contribution in [2.45, 2.75) is 71.1 Å². The predicted molar refractivity (Wildman–Crippen MR) is 160 cm³/mol. The maximum Gasteiger partial charge on any atom is 0.322 e. The minimum Gasteiger partial charge on any atom is -0.460 e. The van der Waals surface area contributed by atoms with Crippen molar-refractivity contribution < 1.29 is 19.7 Å². The molecule has 3 aromatic rings. The van der Waals surface area contributed by atoms with E-state index < -0.39 is 6.10 Å². The van der Waals surface area contributed by atoms with Crippen LogP contribution in [0.4, 0.5) is 5.95 Å². The van der Waals surface area contributed by atoms with Crippen molar-refractivity contribution in [2.24, 2.45) is 0 Å². The van der Waals surface area contributed by atoms with Crippen molar-refractivity contribution in [3.63, 3.8) is 0 Å². The molecule has 2 aromatic heterocycles. The molecule has 1 amide bonds. The smallest absolute Gasteiger partial charge is 0.322 e. The molecule has 0 fully saturated rings. The fourth-order valence-corrected chi connectivity index (χ4v) is 4.56. The molecule has 2 heterocycles. The van der Waals surface area contributed by atoms with E-state index in [1.165, 1.54) is 11.0 Å². The zero-order valence-corrected chi connectivity index (χ0v) is 24.7. The van der Waals surface area contributed by atoms with Crippen LogP contribution in [0.1, 0.15) is 62.6 Å². The van der Waals surface area contributed by atoms with E-state index in [9.17, 15) is 15.0 Å². The topological polar surface area (TPSA) is 137 Å². The molecule has 0 radical (unpaired) electrons. The average Bonchev–Trinajstić information content (AvgIpc) is 3.40. The van der Waals surface area contributed by atoms with E-state index in [0.29, 0.717) is 37.9 Å². The van der Waals surface area contributed by atoms with Crippen LogP contribution in [0.15, 0.2) is 43.1 Å².